The molecule has 2 aliphatic rings. The van der Waals surface area contributed by atoms with Gasteiger partial charge in [0.25, 0.3) is 0 Å². The van der Waals surface area contributed by atoms with Crippen molar-refractivity contribution in [2.24, 2.45) is 5.73 Å². The van der Waals surface area contributed by atoms with Crippen LogP contribution >= 0.6 is 0 Å². The Kier molecular flexibility index (Phi) is 3.44. The average Bonchev–Trinajstić information content (AvgIpc) is 3.21. The number of rotatable bonds is 4. The molecule has 0 aromatic heterocycles. The van der Waals surface area contributed by atoms with Crippen molar-refractivity contribution >= 4 is 11.8 Å². The zero-order valence-electron chi connectivity index (χ0n) is 11.3. The van der Waals surface area contributed by atoms with E-state index in [4.69, 9.17) is 5.73 Å². The summed E-state index contributed by atoms with van der Waals surface area (Å²) in [5.41, 5.74) is 7.81. The Hall–Kier alpha value is -1.88. The first-order valence-corrected chi connectivity index (χ1v) is 7.03. The van der Waals surface area contributed by atoms with Crippen molar-refractivity contribution in [3.8, 4) is 0 Å². The van der Waals surface area contributed by atoms with Crippen LogP contribution in [-0.4, -0.2) is 35.3 Å². The molecule has 1 aromatic rings. The molecule has 1 saturated carbocycles. The van der Waals surface area contributed by atoms with Crippen molar-refractivity contribution in [2.75, 3.05) is 6.54 Å². The number of benzene rings is 1. The Morgan fingerprint density at radius 1 is 1.25 bits per heavy atom. The lowest BCUT2D eigenvalue weighted by molar-refractivity contribution is -0.127. The molecule has 1 fully saturated rings. The number of fused-ring (bicyclic) bond motifs is 1. The van der Waals surface area contributed by atoms with Crippen LogP contribution in [0.4, 0.5) is 0 Å². The third-order valence-electron chi connectivity index (χ3n) is 3.96. The Labute approximate surface area is 118 Å². The van der Waals surface area contributed by atoms with Gasteiger partial charge in [-0.2, -0.15) is 0 Å². The molecular formula is C15H19N3O2. The van der Waals surface area contributed by atoms with Crippen molar-refractivity contribution in [2.45, 2.75) is 37.9 Å². The number of hydrogen-bond acceptors (Lipinski definition) is 3. The van der Waals surface area contributed by atoms with Crippen LogP contribution in [0, 0.1) is 0 Å². The number of nitrogens with two attached hydrogens (primary N) is 1. The minimum absolute atomic E-state index is 0.0156. The summed E-state index contributed by atoms with van der Waals surface area (Å²) in [7, 11) is 0. The standard InChI is InChI=1S/C15H19N3O2/c16-15(20)13-7-10-3-1-2-4-11(10)8-18(13)9-14(19)17-12-5-6-12/h1-4,12-13H,5-9H2,(H2,16,20)(H,17,19)/t13-/m0/s1. The van der Waals surface area contributed by atoms with Gasteiger partial charge in [0.2, 0.25) is 11.8 Å². The van der Waals surface area contributed by atoms with Crippen molar-refractivity contribution in [1.82, 2.24) is 10.2 Å². The second-order valence-corrected chi connectivity index (χ2v) is 5.64. The van der Waals surface area contributed by atoms with Crippen LogP contribution in [0.1, 0.15) is 24.0 Å². The molecule has 0 unspecified atom stereocenters. The molecule has 0 radical (unpaired) electrons. The fourth-order valence-electron chi connectivity index (χ4n) is 2.71. The van der Waals surface area contributed by atoms with E-state index in [1.165, 1.54) is 5.56 Å². The van der Waals surface area contributed by atoms with Crippen LogP contribution in [-0.2, 0) is 22.6 Å². The number of nitrogens with one attached hydrogen (secondary N) is 1. The van der Waals surface area contributed by atoms with E-state index in [0.717, 1.165) is 18.4 Å². The summed E-state index contributed by atoms with van der Waals surface area (Å²) in [4.78, 5) is 25.5. The zero-order chi connectivity index (χ0) is 14.1. The van der Waals surface area contributed by atoms with Crippen LogP contribution in [0.5, 0.6) is 0 Å². The Morgan fingerprint density at radius 2 is 1.95 bits per heavy atom. The minimum Gasteiger partial charge on any atom is -0.368 e. The maximum absolute atomic E-state index is 11.9. The average molecular weight is 273 g/mol. The van der Waals surface area contributed by atoms with E-state index in [1.807, 2.05) is 29.2 Å². The summed E-state index contributed by atoms with van der Waals surface area (Å²) in [5, 5.41) is 2.95. The molecule has 1 aliphatic heterocycles. The normalized spacial score (nSPS) is 22.1. The molecule has 2 amide bonds. The van der Waals surface area contributed by atoms with E-state index < -0.39 is 6.04 Å². The fraction of sp³-hybridized carbons (Fsp3) is 0.467. The van der Waals surface area contributed by atoms with Gasteiger partial charge in [0.05, 0.1) is 12.6 Å². The molecule has 5 nitrogen and oxygen atoms in total. The first-order chi connectivity index (χ1) is 9.63. The van der Waals surface area contributed by atoms with E-state index in [9.17, 15) is 9.59 Å². The number of hydrogen-bond donors (Lipinski definition) is 2. The van der Waals surface area contributed by atoms with E-state index in [-0.39, 0.29) is 18.4 Å². The van der Waals surface area contributed by atoms with Gasteiger partial charge < -0.3 is 11.1 Å². The lowest BCUT2D eigenvalue weighted by Crippen LogP contribution is -2.51. The summed E-state index contributed by atoms with van der Waals surface area (Å²) in [6.45, 7) is 0.834. The number of primary amides is 1. The maximum Gasteiger partial charge on any atom is 0.235 e. The molecule has 106 valence electrons. The quantitative estimate of drug-likeness (QED) is 0.821. The molecular weight excluding hydrogens is 254 g/mol. The third kappa shape index (κ3) is 2.82. The first kappa shape index (κ1) is 13.1. The van der Waals surface area contributed by atoms with Gasteiger partial charge in [-0.05, 0) is 30.4 Å². The van der Waals surface area contributed by atoms with Gasteiger partial charge in [0.1, 0.15) is 0 Å². The fourth-order valence-corrected chi connectivity index (χ4v) is 2.71. The Morgan fingerprint density at radius 3 is 2.60 bits per heavy atom. The lowest BCUT2D eigenvalue weighted by atomic mass is 9.93. The van der Waals surface area contributed by atoms with Crippen molar-refractivity contribution < 1.29 is 9.59 Å². The number of carbonyl (C=O) groups excluding carboxylic acids is 2. The first-order valence-electron chi connectivity index (χ1n) is 7.03. The summed E-state index contributed by atoms with van der Waals surface area (Å²) >= 11 is 0. The van der Waals surface area contributed by atoms with Crippen LogP contribution < -0.4 is 11.1 Å². The van der Waals surface area contributed by atoms with Crippen molar-refractivity contribution in [3.63, 3.8) is 0 Å². The van der Waals surface area contributed by atoms with E-state index in [1.54, 1.807) is 0 Å². The number of carbonyl (C=O) groups is 2. The predicted molar refractivity (Wildman–Crippen MR) is 74.7 cm³/mol. The summed E-state index contributed by atoms with van der Waals surface area (Å²) in [6, 6.07) is 7.95. The lowest BCUT2D eigenvalue weighted by Gasteiger charge is -2.34. The van der Waals surface area contributed by atoms with Crippen LogP contribution in [0.2, 0.25) is 0 Å². The molecule has 1 aliphatic carbocycles. The van der Waals surface area contributed by atoms with Gasteiger partial charge in [-0.3, -0.25) is 14.5 Å². The van der Waals surface area contributed by atoms with E-state index in [2.05, 4.69) is 5.32 Å². The maximum atomic E-state index is 11.9. The highest BCUT2D eigenvalue weighted by Crippen LogP contribution is 2.23. The van der Waals surface area contributed by atoms with Gasteiger partial charge in [0, 0.05) is 12.6 Å². The number of nitrogens with zero attached hydrogens (tertiary/aromatic N) is 1. The molecule has 3 rings (SSSR count). The topological polar surface area (TPSA) is 75.4 Å². The largest absolute Gasteiger partial charge is 0.368 e. The SMILES string of the molecule is NC(=O)[C@@H]1Cc2ccccc2CN1CC(=O)NC1CC1. The van der Waals surface area contributed by atoms with E-state index in [0.29, 0.717) is 19.0 Å². The Balaban J connectivity index is 1.73. The molecule has 0 saturated heterocycles. The third-order valence-corrected chi connectivity index (χ3v) is 3.96. The zero-order valence-corrected chi connectivity index (χ0v) is 11.3. The molecule has 1 aromatic carbocycles. The molecule has 1 atom stereocenters. The van der Waals surface area contributed by atoms with Crippen LogP contribution in [0.25, 0.3) is 0 Å². The molecule has 5 heteroatoms. The smallest absolute Gasteiger partial charge is 0.235 e. The number of amides is 2. The molecule has 3 N–H and O–H groups in total. The monoisotopic (exact) mass is 273 g/mol. The van der Waals surface area contributed by atoms with Crippen molar-refractivity contribution in [3.05, 3.63) is 35.4 Å². The highest BCUT2D eigenvalue weighted by Gasteiger charge is 2.32. The molecule has 0 bridgehead atoms. The van der Waals surface area contributed by atoms with Crippen molar-refractivity contribution in [1.29, 1.82) is 0 Å². The molecule has 0 spiro atoms. The van der Waals surface area contributed by atoms with Crippen LogP contribution in [0.15, 0.2) is 24.3 Å². The van der Waals surface area contributed by atoms with E-state index >= 15 is 0 Å². The second kappa shape index (κ2) is 5.25. The van der Waals surface area contributed by atoms with Gasteiger partial charge in [-0.25, -0.2) is 0 Å². The minimum atomic E-state index is -0.394. The predicted octanol–water partition coefficient (Wildman–Crippen LogP) is 0.177. The van der Waals surface area contributed by atoms with Gasteiger partial charge in [-0.1, -0.05) is 24.3 Å². The van der Waals surface area contributed by atoms with Gasteiger partial charge >= 0.3 is 0 Å². The molecule has 20 heavy (non-hydrogen) atoms. The van der Waals surface area contributed by atoms with Gasteiger partial charge in [0.15, 0.2) is 0 Å². The van der Waals surface area contributed by atoms with Crippen LogP contribution in [0.3, 0.4) is 0 Å². The highest BCUT2D eigenvalue weighted by molar-refractivity contribution is 5.83. The summed E-state index contributed by atoms with van der Waals surface area (Å²) in [6.07, 6.45) is 2.71. The Bertz CT molecular complexity index is 540. The van der Waals surface area contributed by atoms with Gasteiger partial charge in [-0.15, -0.1) is 0 Å². The highest BCUT2D eigenvalue weighted by atomic mass is 16.2. The second-order valence-electron chi connectivity index (χ2n) is 5.64. The summed E-state index contributed by atoms with van der Waals surface area (Å²) in [5.74, 6) is -0.378. The summed E-state index contributed by atoms with van der Waals surface area (Å²) < 4.78 is 0. The molecule has 1 heterocycles.